The van der Waals surface area contributed by atoms with Crippen LogP contribution in [0.4, 0.5) is 0 Å². The molecule has 2 aliphatic rings. The minimum atomic E-state index is 0. The molecule has 4 N–H and O–H groups in total. The van der Waals surface area contributed by atoms with Crippen molar-refractivity contribution in [3.05, 3.63) is 0 Å². The number of piperidine rings is 1. The van der Waals surface area contributed by atoms with Gasteiger partial charge in [0.2, 0.25) is 0 Å². The van der Waals surface area contributed by atoms with Gasteiger partial charge in [0.15, 0.2) is 0 Å². The molecule has 2 fully saturated rings. The maximum atomic E-state index is 3.44. The molecule has 0 aromatic rings. The van der Waals surface area contributed by atoms with Gasteiger partial charge >= 0.3 is 0 Å². The van der Waals surface area contributed by atoms with Crippen molar-refractivity contribution >= 4 is 0 Å². The van der Waals surface area contributed by atoms with E-state index in [9.17, 15) is 0 Å². The van der Waals surface area contributed by atoms with Gasteiger partial charge in [0.1, 0.15) is 0 Å². The zero-order valence-corrected chi connectivity index (χ0v) is 7.34. The average Bonchev–Trinajstić information content (AvgIpc) is 2.34. The van der Waals surface area contributed by atoms with Crippen LogP contribution in [0.3, 0.4) is 0 Å². The van der Waals surface area contributed by atoms with E-state index in [0.717, 1.165) is 12.0 Å². The van der Waals surface area contributed by atoms with Gasteiger partial charge in [-0.15, -0.1) is 0 Å². The molecule has 0 unspecified atom stereocenters. The normalized spacial score (nSPS) is 37.9. The summed E-state index contributed by atoms with van der Waals surface area (Å²) in [6, 6.07) is 0.855. The van der Waals surface area contributed by atoms with Crippen LogP contribution in [0.1, 0.15) is 12.8 Å². The summed E-state index contributed by atoms with van der Waals surface area (Å²) in [4.78, 5) is 2.50. The highest BCUT2D eigenvalue weighted by Crippen LogP contribution is 2.26. The van der Waals surface area contributed by atoms with Crippen molar-refractivity contribution in [2.75, 3.05) is 26.7 Å². The van der Waals surface area contributed by atoms with Crippen molar-refractivity contribution in [2.24, 2.45) is 5.92 Å². The summed E-state index contributed by atoms with van der Waals surface area (Å²) in [5, 5.41) is 3.44. The third kappa shape index (κ3) is 1.55. The largest absolute Gasteiger partial charge is 0.344 e. The average molecular weight is 157 g/mol. The van der Waals surface area contributed by atoms with Gasteiger partial charge in [0.05, 0.1) is 0 Å². The summed E-state index contributed by atoms with van der Waals surface area (Å²) < 4.78 is 0. The van der Waals surface area contributed by atoms with Crippen LogP contribution < -0.4 is 11.5 Å². The minimum Gasteiger partial charge on any atom is -0.344 e. The quantitative estimate of drug-likeness (QED) is 0.537. The van der Waals surface area contributed by atoms with Crippen LogP contribution in [-0.2, 0) is 0 Å². The summed E-state index contributed by atoms with van der Waals surface area (Å²) in [7, 11) is 2.25. The molecule has 2 aliphatic heterocycles. The van der Waals surface area contributed by atoms with Crippen LogP contribution >= 0.6 is 0 Å². The predicted molar refractivity (Wildman–Crippen MR) is 47.0 cm³/mol. The Bertz CT molecular complexity index is 125. The maximum Gasteiger partial charge on any atom is 0.0246 e. The van der Waals surface area contributed by atoms with Crippen LogP contribution in [0.5, 0.6) is 0 Å². The number of likely N-dealkylation sites (N-methyl/N-ethyl adjacent to an activating group) is 1. The smallest absolute Gasteiger partial charge is 0.0246 e. The number of rotatable bonds is 0. The Morgan fingerprint density at radius 1 is 1.36 bits per heavy atom. The molecule has 2 atom stereocenters. The van der Waals surface area contributed by atoms with Crippen molar-refractivity contribution in [1.82, 2.24) is 16.4 Å². The van der Waals surface area contributed by atoms with Crippen LogP contribution in [0.15, 0.2) is 0 Å². The Balaban J connectivity index is 0.000000605. The van der Waals surface area contributed by atoms with E-state index in [1.165, 1.54) is 32.5 Å². The Kier molecular flexibility index (Phi) is 2.87. The Morgan fingerprint density at radius 2 is 2.18 bits per heavy atom. The van der Waals surface area contributed by atoms with Gasteiger partial charge in [0, 0.05) is 12.6 Å². The maximum absolute atomic E-state index is 3.44. The van der Waals surface area contributed by atoms with Crippen LogP contribution in [0.2, 0.25) is 0 Å². The molecular formula is C8H19N3. The second-order valence-electron chi connectivity index (χ2n) is 3.59. The number of hydrogen-bond donors (Lipinski definition) is 2. The van der Waals surface area contributed by atoms with Gasteiger partial charge in [-0.05, 0) is 38.9 Å². The number of hydrogen-bond acceptors (Lipinski definition) is 3. The second kappa shape index (κ2) is 3.52. The first-order valence-electron chi connectivity index (χ1n) is 4.29. The molecule has 2 saturated heterocycles. The fraction of sp³-hybridized carbons (Fsp3) is 1.00. The second-order valence-corrected chi connectivity index (χ2v) is 3.59. The van der Waals surface area contributed by atoms with Crippen molar-refractivity contribution in [2.45, 2.75) is 18.9 Å². The zero-order valence-electron chi connectivity index (χ0n) is 7.34. The van der Waals surface area contributed by atoms with E-state index in [1.807, 2.05) is 0 Å². The van der Waals surface area contributed by atoms with E-state index >= 15 is 0 Å². The topological polar surface area (TPSA) is 50.3 Å². The molecule has 0 spiro atoms. The molecule has 0 aromatic heterocycles. The molecule has 66 valence electrons. The van der Waals surface area contributed by atoms with Gasteiger partial charge in [-0.1, -0.05) is 0 Å². The lowest BCUT2D eigenvalue weighted by Crippen LogP contribution is -2.44. The van der Waals surface area contributed by atoms with Gasteiger partial charge in [0.25, 0.3) is 0 Å². The van der Waals surface area contributed by atoms with E-state index in [4.69, 9.17) is 0 Å². The lowest BCUT2D eigenvalue weighted by molar-refractivity contribution is 0.229. The summed E-state index contributed by atoms with van der Waals surface area (Å²) in [6.45, 7) is 3.78. The summed E-state index contributed by atoms with van der Waals surface area (Å²) >= 11 is 0. The molecule has 0 aromatic carbocycles. The highest BCUT2D eigenvalue weighted by molar-refractivity contribution is 4.89. The third-order valence-electron chi connectivity index (χ3n) is 3.01. The molecule has 0 bridgehead atoms. The first-order chi connectivity index (χ1) is 4.88. The van der Waals surface area contributed by atoms with Gasteiger partial charge < -0.3 is 16.4 Å². The number of likely N-dealkylation sites (tertiary alicyclic amines) is 1. The fourth-order valence-electron chi connectivity index (χ4n) is 2.28. The lowest BCUT2D eigenvalue weighted by atomic mass is 9.94. The van der Waals surface area contributed by atoms with E-state index in [-0.39, 0.29) is 6.15 Å². The van der Waals surface area contributed by atoms with E-state index < -0.39 is 0 Å². The molecule has 0 aliphatic carbocycles. The predicted octanol–water partition coefficient (Wildman–Crippen LogP) is 0.462. The van der Waals surface area contributed by atoms with Crippen molar-refractivity contribution in [1.29, 1.82) is 0 Å². The molecular weight excluding hydrogens is 138 g/mol. The summed E-state index contributed by atoms with van der Waals surface area (Å²) in [5.41, 5.74) is 0. The van der Waals surface area contributed by atoms with Crippen molar-refractivity contribution in [3.8, 4) is 0 Å². The molecule has 11 heavy (non-hydrogen) atoms. The van der Waals surface area contributed by atoms with E-state index in [2.05, 4.69) is 17.3 Å². The number of nitrogens with one attached hydrogen (secondary N) is 1. The van der Waals surface area contributed by atoms with Crippen LogP contribution in [-0.4, -0.2) is 37.6 Å². The summed E-state index contributed by atoms with van der Waals surface area (Å²) in [5.74, 6) is 1.01. The van der Waals surface area contributed by atoms with Crippen LogP contribution in [0, 0.1) is 5.92 Å². The first-order valence-corrected chi connectivity index (χ1v) is 4.29. The van der Waals surface area contributed by atoms with Crippen molar-refractivity contribution < 1.29 is 0 Å². The standard InChI is InChI=1S/C8H16N2.H3N/c1-10-5-3-7-2-4-9-6-8(7)10;/h7-9H,2-6H2,1H3;1H3/t7-,8-;/m0./s1. The molecule has 2 heterocycles. The number of fused-ring (bicyclic) bond motifs is 1. The first kappa shape index (κ1) is 8.97. The molecule has 3 heteroatoms. The zero-order chi connectivity index (χ0) is 6.97. The van der Waals surface area contributed by atoms with Gasteiger partial charge in [-0.3, -0.25) is 0 Å². The molecule has 2 rings (SSSR count). The van der Waals surface area contributed by atoms with Crippen molar-refractivity contribution in [3.63, 3.8) is 0 Å². The number of nitrogens with zero attached hydrogens (tertiary/aromatic N) is 1. The van der Waals surface area contributed by atoms with E-state index in [1.54, 1.807) is 0 Å². The fourth-order valence-corrected chi connectivity index (χ4v) is 2.28. The Hall–Kier alpha value is -0.120. The SMILES string of the molecule is CN1CC[C@@H]2CCNC[C@@H]21.N. The molecule has 0 amide bonds. The Morgan fingerprint density at radius 3 is 2.91 bits per heavy atom. The molecule has 0 saturated carbocycles. The van der Waals surface area contributed by atoms with Gasteiger partial charge in [-0.25, -0.2) is 0 Å². The molecule has 0 radical (unpaired) electrons. The Labute approximate surface area is 68.7 Å². The lowest BCUT2D eigenvalue weighted by Gasteiger charge is -2.29. The third-order valence-corrected chi connectivity index (χ3v) is 3.01. The van der Waals surface area contributed by atoms with Crippen LogP contribution in [0.25, 0.3) is 0 Å². The van der Waals surface area contributed by atoms with E-state index in [0.29, 0.717) is 0 Å². The highest BCUT2D eigenvalue weighted by Gasteiger charge is 2.32. The molecule has 3 nitrogen and oxygen atoms in total. The minimum absolute atomic E-state index is 0. The van der Waals surface area contributed by atoms with Gasteiger partial charge in [-0.2, -0.15) is 0 Å². The monoisotopic (exact) mass is 157 g/mol. The highest BCUT2D eigenvalue weighted by atomic mass is 15.2. The summed E-state index contributed by atoms with van der Waals surface area (Å²) in [6.07, 6.45) is 2.83.